The number of carbonyl (C=O) groups is 1. The molecule has 5 rings (SSSR count). The number of ketones is 1. The van der Waals surface area contributed by atoms with Gasteiger partial charge < -0.3 is 14.6 Å². The van der Waals surface area contributed by atoms with E-state index in [1.54, 1.807) is 0 Å². The van der Waals surface area contributed by atoms with Crippen molar-refractivity contribution >= 4 is 5.78 Å². The molecule has 0 aromatic heterocycles. The van der Waals surface area contributed by atoms with Crippen LogP contribution in [0, 0.1) is 28.6 Å². The van der Waals surface area contributed by atoms with Crippen LogP contribution < -0.4 is 0 Å². The molecule has 1 aliphatic heterocycles. The highest BCUT2D eigenvalue weighted by Crippen LogP contribution is 2.66. The number of hydrogen-bond donors (Lipinski definition) is 1. The first-order valence-electron chi connectivity index (χ1n) is 10.1. The minimum Gasteiger partial charge on any atom is -0.393 e. The Morgan fingerprint density at radius 2 is 1.84 bits per heavy atom. The molecule has 1 saturated heterocycles. The van der Waals surface area contributed by atoms with Crippen LogP contribution in [0.25, 0.3) is 0 Å². The average molecular weight is 346 g/mol. The molecule has 4 heteroatoms. The second-order valence-corrected chi connectivity index (χ2v) is 9.49. The highest BCUT2D eigenvalue weighted by atomic mass is 16.7. The summed E-state index contributed by atoms with van der Waals surface area (Å²) in [7, 11) is 0. The molecule has 4 aliphatic carbocycles. The largest absolute Gasteiger partial charge is 0.393 e. The Labute approximate surface area is 150 Å². The Bertz CT molecular complexity index is 634. The fourth-order valence-corrected chi connectivity index (χ4v) is 7.18. The van der Waals surface area contributed by atoms with Gasteiger partial charge in [0.25, 0.3) is 0 Å². The summed E-state index contributed by atoms with van der Waals surface area (Å²) >= 11 is 0. The number of allylic oxidation sites excluding steroid dienone is 2. The standard InChI is InChI=1S/C21H30O4/c1-19-7-5-14(22)11-13(19)3-4-15-16-6-8-21(24-9-10-25-21)20(16,2)18(23)12-17(15)19/h12-16,22H,3-11H2,1-2H3/t13-,14-,15?,16?,19+,20-/m1/s1. The number of carbonyl (C=O) groups excluding carboxylic acids is 1. The maximum atomic E-state index is 13.4. The van der Waals surface area contributed by atoms with Crippen LogP contribution in [0.5, 0.6) is 0 Å². The Kier molecular flexibility index (Phi) is 3.41. The maximum Gasteiger partial charge on any atom is 0.181 e. The fourth-order valence-electron chi connectivity index (χ4n) is 7.18. The topological polar surface area (TPSA) is 55.8 Å². The van der Waals surface area contributed by atoms with Crippen LogP contribution in [-0.4, -0.2) is 36.0 Å². The van der Waals surface area contributed by atoms with Crippen molar-refractivity contribution in [3.63, 3.8) is 0 Å². The molecular formula is C21H30O4. The normalized spacial score (nSPS) is 51.0. The van der Waals surface area contributed by atoms with Gasteiger partial charge in [-0.25, -0.2) is 0 Å². The molecule has 25 heavy (non-hydrogen) atoms. The highest BCUT2D eigenvalue weighted by molar-refractivity contribution is 5.98. The van der Waals surface area contributed by atoms with Crippen molar-refractivity contribution in [3.05, 3.63) is 11.6 Å². The molecule has 0 aromatic rings. The zero-order valence-electron chi connectivity index (χ0n) is 15.4. The minimum atomic E-state index is -0.683. The maximum absolute atomic E-state index is 13.4. The monoisotopic (exact) mass is 346 g/mol. The predicted molar refractivity (Wildman–Crippen MR) is 92.7 cm³/mol. The summed E-state index contributed by atoms with van der Waals surface area (Å²) in [6.45, 7) is 5.67. The Hall–Kier alpha value is -0.710. The molecular weight excluding hydrogens is 316 g/mol. The SMILES string of the molecule is C[C@]12C(=O)C=C3C(CC[C@@H]4C[C@H](O)CC[C@]34C)C1CCC21OCCO1. The number of fused-ring (bicyclic) bond motifs is 6. The van der Waals surface area contributed by atoms with E-state index in [2.05, 4.69) is 13.8 Å². The molecule has 138 valence electrons. The molecule has 0 aromatic carbocycles. The van der Waals surface area contributed by atoms with Crippen molar-refractivity contribution in [3.8, 4) is 0 Å². The van der Waals surface area contributed by atoms with E-state index >= 15 is 0 Å². The molecule has 4 fully saturated rings. The van der Waals surface area contributed by atoms with E-state index in [1.165, 1.54) is 12.0 Å². The molecule has 0 bridgehead atoms. The Morgan fingerprint density at radius 3 is 2.60 bits per heavy atom. The van der Waals surface area contributed by atoms with Crippen molar-refractivity contribution in [2.24, 2.45) is 28.6 Å². The Balaban J connectivity index is 1.57. The summed E-state index contributed by atoms with van der Waals surface area (Å²) in [5.74, 6) is 0.868. The lowest BCUT2D eigenvalue weighted by Gasteiger charge is -2.56. The van der Waals surface area contributed by atoms with Crippen LogP contribution in [0.1, 0.15) is 58.8 Å². The van der Waals surface area contributed by atoms with Crippen LogP contribution >= 0.6 is 0 Å². The number of rotatable bonds is 0. The highest BCUT2D eigenvalue weighted by Gasteiger charge is 2.69. The number of hydrogen-bond acceptors (Lipinski definition) is 4. The minimum absolute atomic E-state index is 0.0896. The van der Waals surface area contributed by atoms with Gasteiger partial charge in [0.05, 0.1) is 24.7 Å². The molecule has 1 spiro atoms. The van der Waals surface area contributed by atoms with E-state index < -0.39 is 11.2 Å². The van der Waals surface area contributed by atoms with Gasteiger partial charge in [-0.3, -0.25) is 4.79 Å². The van der Waals surface area contributed by atoms with Gasteiger partial charge >= 0.3 is 0 Å². The first kappa shape index (κ1) is 16.5. The summed E-state index contributed by atoms with van der Waals surface area (Å²) in [5.41, 5.74) is 0.944. The molecule has 1 N–H and O–H groups in total. The summed E-state index contributed by atoms with van der Waals surface area (Å²) in [4.78, 5) is 13.4. The van der Waals surface area contributed by atoms with Gasteiger partial charge in [0.2, 0.25) is 0 Å². The van der Waals surface area contributed by atoms with Crippen LogP contribution in [-0.2, 0) is 14.3 Å². The summed E-state index contributed by atoms with van der Waals surface area (Å²) < 4.78 is 12.1. The molecule has 0 radical (unpaired) electrons. The van der Waals surface area contributed by atoms with Crippen molar-refractivity contribution in [2.75, 3.05) is 13.2 Å². The van der Waals surface area contributed by atoms with E-state index in [9.17, 15) is 9.90 Å². The van der Waals surface area contributed by atoms with Gasteiger partial charge in [-0.05, 0) is 74.7 Å². The van der Waals surface area contributed by atoms with E-state index in [-0.39, 0.29) is 17.3 Å². The lowest BCUT2D eigenvalue weighted by atomic mass is 9.48. The van der Waals surface area contributed by atoms with Gasteiger partial charge in [0.15, 0.2) is 11.6 Å². The fraction of sp³-hybridized carbons (Fsp3) is 0.857. The lowest BCUT2D eigenvalue weighted by Crippen LogP contribution is -2.57. The summed E-state index contributed by atoms with van der Waals surface area (Å²) in [6, 6.07) is 0. The number of aliphatic hydroxyl groups is 1. The zero-order valence-corrected chi connectivity index (χ0v) is 15.4. The third-order valence-corrected chi connectivity index (χ3v) is 8.69. The predicted octanol–water partition coefficient (Wildman–Crippen LogP) is 3.23. The van der Waals surface area contributed by atoms with Crippen LogP contribution in [0.3, 0.4) is 0 Å². The van der Waals surface area contributed by atoms with Gasteiger partial charge in [-0.15, -0.1) is 0 Å². The lowest BCUT2D eigenvalue weighted by molar-refractivity contribution is -0.223. The first-order valence-corrected chi connectivity index (χ1v) is 10.1. The Morgan fingerprint density at radius 1 is 1.08 bits per heavy atom. The quantitative estimate of drug-likeness (QED) is 0.732. The smallest absolute Gasteiger partial charge is 0.181 e. The summed E-state index contributed by atoms with van der Waals surface area (Å²) in [5, 5.41) is 10.1. The molecule has 0 amide bonds. The molecule has 4 nitrogen and oxygen atoms in total. The van der Waals surface area contributed by atoms with Gasteiger partial charge in [0, 0.05) is 6.42 Å². The van der Waals surface area contributed by atoms with Crippen molar-refractivity contribution in [1.29, 1.82) is 0 Å². The molecule has 3 saturated carbocycles. The van der Waals surface area contributed by atoms with Crippen molar-refractivity contribution in [2.45, 2.75) is 70.7 Å². The van der Waals surface area contributed by atoms with E-state index in [1.807, 2.05) is 6.08 Å². The van der Waals surface area contributed by atoms with Crippen LogP contribution in [0.15, 0.2) is 11.6 Å². The average Bonchev–Trinajstić information content (AvgIpc) is 3.18. The zero-order chi connectivity index (χ0) is 17.4. The first-order chi connectivity index (χ1) is 11.9. The van der Waals surface area contributed by atoms with E-state index in [4.69, 9.17) is 9.47 Å². The molecule has 5 aliphatic rings. The van der Waals surface area contributed by atoms with E-state index in [0.29, 0.717) is 31.0 Å². The summed E-state index contributed by atoms with van der Waals surface area (Å²) in [6.07, 6.45) is 8.78. The second-order valence-electron chi connectivity index (χ2n) is 9.49. The molecule has 1 heterocycles. The van der Waals surface area contributed by atoms with E-state index in [0.717, 1.165) is 38.5 Å². The third kappa shape index (κ3) is 1.91. The van der Waals surface area contributed by atoms with Crippen LogP contribution in [0.4, 0.5) is 0 Å². The molecule has 2 unspecified atom stereocenters. The van der Waals surface area contributed by atoms with Gasteiger partial charge in [0.1, 0.15) is 0 Å². The second kappa shape index (κ2) is 5.17. The van der Waals surface area contributed by atoms with Crippen molar-refractivity contribution in [1.82, 2.24) is 0 Å². The third-order valence-electron chi connectivity index (χ3n) is 8.69. The van der Waals surface area contributed by atoms with Crippen molar-refractivity contribution < 1.29 is 19.4 Å². The van der Waals surface area contributed by atoms with Crippen LogP contribution in [0.2, 0.25) is 0 Å². The van der Waals surface area contributed by atoms with Gasteiger partial charge in [-0.1, -0.05) is 12.5 Å². The number of ether oxygens (including phenoxy) is 2. The van der Waals surface area contributed by atoms with Gasteiger partial charge in [-0.2, -0.15) is 0 Å². The number of aliphatic hydroxyl groups excluding tert-OH is 1. The molecule has 6 atom stereocenters.